The van der Waals surface area contributed by atoms with E-state index in [1.54, 1.807) is 43.5 Å². The maximum Gasteiger partial charge on any atom is 0.264 e. The molecule has 0 unspecified atom stereocenters. The van der Waals surface area contributed by atoms with Crippen LogP contribution in [0.5, 0.6) is 11.5 Å². The van der Waals surface area contributed by atoms with Crippen LogP contribution in [-0.4, -0.2) is 18.2 Å². The number of rotatable bonds is 6. The van der Waals surface area contributed by atoms with E-state index in [9.17, 15) is 4.79 Å². The fourth-order valence-electron chi connectivity index (χ4n) is 2.97. The Labute approximate surface area is 200 Å². The number of nitrogens with one attached hydrogen (secondary N) is 1. The Morgan fingerprint density at radius 3 is 2.47 bits per heavy atom. The molecule has 1 heterocycles. The molecule has 5 nitrogen and oxygen atoms in total. The van der Waals surface area contributed by atoms with E-state index in [1.165, 1.54) is 11.8 Å². The monoisotopic (exact) mass is 484 g/mol. The van der Waals surface area contributed by atoms with Crippen molar-refractivity contribution in [2.75, 3.05) is 7.11 Å². The van der Waals surface area contributed by atoms with Crippen molar-refractivity contribution in [3.05, 3.63) is 92.8 Å². The molecular weight excluding hydrogens is 467 g/mol. The van der Waals surface area contributed by atoms with E-state index in [-0.39, 0.29) is 12.5 Å². The van der Waals surface area contributed by atoms with Gasteiger partial charge in [-0.05, 0) is 59.8 Å². The average molecular weight is 485 g/mol. The number of carbonyl (C=O) groups is 1. The summed E-state index contributed by atoms with van der Waals surface area (Å²) in [4.78, 5) is 17.4. The van der Waals surface area contributed by atoms with Crippen molar-refractivity contribution in [2.24, 2.45) is 4.99 Å². The van der Waals surface area contributed by atoms with E-state index in [0.29, 0.717) is 37.2 Å². The van der Waals surface area contributed by atoms with Crippen LogP contribution in [0.15, 0.2) is 76.6 Å². The number of para-hydroxylation sites is 1. The Kier molecular flexibility index (Phi) is 7.05. The summed E-state index contributed by atoms with van der Waals surface area (Å²) in [5, 5.41) is 4.40. The number of hydrogen-bond acceptors (Lipinski definition) is 5. The van der Waals surface area contributed by atoms with Crippen molar-refractivity contribution in [1.82, 2.24) is 5.32 Å². The second kappa shape index (κ2) is 10.1. The highest BCUT2D eigenvalue weighted by atomic mass is 35.5. The average Bonchev–Trinajstić information content (AvgIpc) is 3.13. The standard InChI is InChI=1S/C24H18Cl2N2O3S/c1-30-21-12-15(10-11-20(21)31-14-17-18(25)8-5-9-19(17)26)13-22-23(29)28-24(32-22)27-16-6-3-2-4-7-16/h2-13H,14H2,1H3,(H,27,28,29)/b22-13-. The summed E-state index contributed by atoms with van der Waals surface area (Å²) in [6, 6.07) is 20.2. The summed E-state index contributed by atoms with van der Waals surface area (Å²) in [5.74, 6) is 0.877. The van der Waals surface area contributed by atoms with Gasteiger partial charge in [0.2, 0.25) is 0 Å². The van der Waals surface area contributed by atoms with Gasteiger partial charge in [-0.2, -0.15) is 0 Å². The Morgan fingerprint density at radius 2 is 1.75 bits per heavy atom. The predicted octanol–water partition coefficient (Wildman–Crippen LogP) is 6.47. The molecule has 1 aliphatic heterocycles. The number of hydrogen-bond donors (Lipinski definition) is 1. The van der Waals surface area contributed by atoms with Crippen LogP contribution in [0, 0.1) is 0 Å². The third kappa shape index (κ3) is 5.27. The Balaban J connectivity index is 1.51. The fourth-order valence-corrected chi connectivity index (χ4v) is 4.31. The zero-order valence-electron chi connectivity index (χ0n) is 17.0. The van der Waals surface area contributed by atoms with E-state index in [0.717, 1.165) is 11.3 Å². The zero-order valence-corrected chi connectivity index (χ0v) is 19.3. The first kappa shape index (κ1) is 22.3. The SMILES string of the molecule is COc1cc(/C=C2\SC(=Nc3ccccc3)NC2=O)ccc1OCc1c(Cl)cccc1Cl. The van der Waals surface area contributed by atoms with Gasteiger partial charge in [0, 0.05) is 15.6 Å². The van der Waals surface area contributed by atoms with Crippen LogP contribution >= 0.6 is 35.0 Å². The maximum atomic E-state index is 12.4. The minimum atomic E-state index is -0.197. The summed E-state index contributed by atoms with van der Waals surface area (Å²) < 4.78 is 11.4. The van der Waals surface area contributed by atoms with E-state index in [4.69, 9.17) is 32.7 Å². The number of thioether (sulfide) groups is 1. The molecule has 162 valence electrons. The number of nitrogens with zero attached hydrogens (tertiary/aromatic N) is 1. The molecule has 1 N–H and O–H groups in total. The number of amidine groups is 1. The number of amides is 1. The van der Waals surface area contributed by atoms with Gasteiger partial charge < -0.3 is 14.8 Å². The molecule has 1 aliphatic rings. The van der Waals surface area contributed by atoms with Crippen molar-refractivity contribution in [1.29, 1.82) is 0 Å². The van der Waals surface area contributed by atoms with Gasteiger partial charge in [0.25, 0.3) is 5.91 Å². The Morgan fingerprint density at radius 1 is 1.00 bits per heavy atom. The van der Waals surface area contributed by atoms with Crippen molar-refractivity contribution in [3.8, 4) is 11.5 Å². The van der Waals surface area contributed by atoms with Crippen LogP contribution in [0.3, 0.4) is 0 Å². The number of carbonyl (C=O) groups excluding carboxylic acids is 1. The molecule has 3 aromatic rings. The first-order valence-corrected chi connectivity index (χ1v) is 11.2. The molecule has 3 aromatic carbocycles. The van der Waals surface area contributed by atoms with E-state index in [2.05, 4.69) is 10.3 Å². The van der Waals surface area contributed by atoms with Crippen LogP contribution in [0.2, 0.25) is 10.0 Å². The smallest absolute Gasteiger partial charge is 0.264 e. The third-order valence-electron chi connectivity index (χ3n) is 4.56. The van der Waals surface area contributed by atoms with Gasteiger partial charge >= 0.3 is 0 Å². The summed E-state index contributed by atoms with van der Waals surface area (Å²) in [6.45, 7) is 0.201. The molecule has 0 aromatic heterocycles. The quantitative estimate of drug-likeness (QED) is 0.407. The summed E-state index contributed by atoms with van der Waals surface area (Å²) in [5.41, 5.74) is 2.27. The highest BCUT2D eigenvalue weighted by molar-refractivity contribution is 8.18. The van der Waals surface area contributed by atoms with Crippen LogP contribution in [0.4, 0.5) is 5.69 Å². The van der Waals surface area contributed by atoms with Crippen molar-refractivity contribution >= 4 is 57.8 Å². The lowest BCUT2D eigenvalue weighted by Crippen LogP contribution is -2.19. The van der Waals surface area contributed by atoms with Gasteiger partial charge in [-0.15, -0.1) is 0 Å². The summed E-state index contributed by atoms with van der Waals surface area (Å²) >= 11 is 13.7. The Hall–Kier alpha value is -2.93. The van der Waals surface area contributed by atoms with Crippen molar-refractivity contribution < 1.29 is 14.3 Å². The zero-order chi connectivity index (χ0) is 22.5. The molecule has 0 spiro atoms. The first-order chi connectivity index (χ1) is 15.5. The number of methoxy groups -OCH3 is 1. The lowest BCUT2D eigenvalue weighted by atomic mass is 10.2. The van der Waals surface area contributed by atoms with Gasteiger partial charge in [-0.3, -0.25) is 4.79 Å². The van der Waals surface area contributed by atoms with Gasteiger partial charge in [-0.1, -0.05) is 53.5 Å². The van der Waals surface area contributed by atoms with E-state index >= 15 is 0 Å². The number of ether oxygens (including phenoxy) is 2. The van der Waals surface area contributed by atoms with Crippen LogP contribution in [0.1, 0.15) is 11.1 Å². The van der Waals surface area contributed by atoms with Gasteiger partial charge in [-0.25, -0.2) is 4.99 Å². The minimum absolute atomic E-state index is 0.197. The lowest BCUT2D eigenvalue weighted by Gasteiger charge is -2.13. The molecule has 0 saturated carbocycles. The fraction of sp³-hybridized carbons (Fsp3) is 0.0833. The second-order valence-electron chi connectivity index (χ2n) is 6.72. The molecular formula is C24H18Cl2N2O3S. The topological polar surface area (TPSA) is 59.9 Å². The summed E-state index contributed by atoms with van der Waals surface area (Å²) in [6.07, 6.45) is 1.78. The second-order valence-corrected chi connectivity index (χ2v) is 8.56. The first-order valence-electron chi connectivity index (χ1n) is 9.62. The maximum absolute atomic E-state index is 12.4. The number of benzene rings is 3. The molecule has 32 heavy (non-hydrogen) atoms. The van der Waals surface area contributed by atoms with Crippen molar-refractivity contribution in [3.63, 3.8) is 0 Å². The number of aliphatic imine (C=N–C) groups is 1. The largest absolute Gasteiger partial charge is 0.493 e. The molecule has 1 fully saturated rings. The van der Waals surface area contributed by atoms with Crippen LogP contribution in [0.25, 0.3) is 6.08 Å². The molecule has 0 radical (unpaired) electrons. The predicted molar refractivity (Wildman–Crippen MR) is 131 cm³/mol. The minimum Gasteiger partial charge on any atom is -0.493 e. The van der Waals surface area contributed by atoms with Gasteiger partial charge in [0.1, 0.15) is 6.61 Å². The van der Waals surface area contributed by atoms with Gasteiger partial charge in [0.15, 0.2) is 16.7 Å². The molecule has 0 atom stereocenters. The highest BCUT2D eigenvalue weighted by Gasteiger charge is 2.24. The van der Waals surface area contributed by atoms with Crippen LogP contribution in [-0.2, 0) is 11.4 Å². The molecule has 1 saturated heterocycles. The highest BCUT2D eigenvalue weighted by Crippen LogP contribution is 2.34. The molecule has 0 bridgehead atoms. The lowest BCUT2D eigenvalue weighted by molar-refractivity contribution is -0.115. The molecule has 8 heteroatoms. The Bertz CT molecular complexity index is 1190. The van der Waals surface area contributed by atoms with E-state index in [1.807, 2.05) is 36.4 Å². The number of halogens is 2. The summed E-state index contributed by atoms with van der Waals surface area (Å²) in [7, 11) is 1.56. The van der Waals surface area contributed by atoms with E-state index < -0.39 is 0 Å². The molecule has 0 aliphatic carbocycles. The van der Waals surface area contributed by atoms with Gasteiger partial charge in [0.05, 0.1) is 17.7 Å². The molecule has 4 rings (SSSR count). The van der Waals surface area contributed by atoms with Crippen molar-refractivity contribution in [2.45, 2.75) is 6.61 Å². The normalized spacial score (nSPS) is 15.8. The van der Waals surface area contributed by atoms with Crippen LogP contribution < -0.4 is 14.8 Å². The molecule has 1 amide bonds. The third-order valence-corrected chi connectivity index (χ3v) is 6.17.